The van der Waals surface area contributed by atoms with Gasteiger partial charge in [0.1, 0.15) is 0 Å². The van der Waals surface area contributed by atoms with Crippen molar-refractivity contribution in [3.63, 3.8) is 0 Å². The van der Waals surface area contributed by atoms with E-state index in [1.165, 1.54) is 0 Å². The molecule has 0 aliphatic rings. The Morgan fingerprint density at radius 1 is 1.13 bits per heavy atom. The van der Waals surface area contributed by atoms with E-state index in [1.54, 1.807) is 24.2 Å². The lowest BCUT2D eigenvalue weighted by Gasteiger charge is -2.07. The summed E-state index contributed by atoms with van der Waals surface area (Å²) in [7, 11) is 0. The molecule has 2 rings (SSSR count). The molecule has 0 aliphatic carbocycles. The summed E-state index contributed by atoms with van der Waals surface area (Å²) >= 11 is 1.66. The first-order valence-electron chi connectivity index (χ1n) is 4.70. The van der Waals surface area contributed by atoms with E-state index in [4.69, 9.17) is 5.73 Å². The molecule has 1 heterocycles. The van der Waals surface area contributed by atoms with Crippen LogP contribution in [0, 0.1) is 6.92 Å². The second kappa shape index (κ2) is 4.36. The maximum absolute atomic E-state index is 5.99. The van der Waals surface area contributed by atoms with Crippen LogP contribution in [0.3, 0.4) is 0 Å². The molecule has 0 saturated carbocycles. The minimum absolute atomic E-state index is 0.860. The second-order valence-corrected chi connectivity index (χ2v) is 4.39. The van der Waals surface area contributed by atoms with Crippen molar-refractivity contribution < 1.29 is 0 Å². The van der Waals surface area contributed by atoms with Gasteiger partial charge in [0, 0.05) is 27.9 Å². The maximum atomic E-state index is 5.99. The lowest BCUT2D eigenvalue weighted by molar-refractivity contribution is 1.26. The highest BCUT2D eigenvalue weighted by Crippen LogP contribution is 2.32. The number of benzene rings is 1. The van der Waals surface area contributed by atoms with Crippen molar-refractivity contribution in [1.29, 1.82) is 0 Å². The fourth-order valence-electron chi connectivity index (χ4n) is 1.28. The zero-order chi connectivity index (χ0) is 10.7. The summed E-state index contributed by atoms with van der Waals surface area (Å²) in [4.78, 5) is 6.24. The van der Waals surface area contributed by atoms with Crippen LogP contribution in [0.15, 0.2) is 52.5 Å². The smallest absolute Gasteiger partial charge is 0.0485 e. The van der Waals surface area contributed by atoms with Crippen LogP contribution in [0.2, 0.25) is 0 Å². The lowest BCUT2D eigenvalue weighted by atomic mass is 10.2. The molecule has 0 unspecified atom stereocenters. The number of pyridine rings is 1. The quantitative estimate of drug-likeness (QED) is 0.784. The summed E-state index contributed by atoms with van der Waals surface area (Å²) < 4.78 is 0. The zero-order valence-electron chi connectivity index (χ0n) is 8.47. The van der Waals surface area contributed by atoms with E-state index >= 15 is 0 Å². The molecular weight excluding hydrogens is 204 g/mol. The third-order valence-corrected chi connectivity index (χ3v) is 3.25. The Balaban J connectivity index is 2.29. The maximum Gasteiger partial charge on any atom is 0.0485 e. The molecule has 0 fully saturated rings. The van der Waals surface area contributed by atoms with Crippen LogP contribution in [-0.4, -0.2) is 4.98 Å². The van der Waals surface area contributed by atoms with Crippen molar-refractivity contribution in [1.82, 2.24) is 4.98 Å². The van der Waals surface area contributed by atoms with E-state index in [9.17, 15) is 0 Å². The zero-order valence-corrected chi connectivity index (χ0v) is 9.29. The Labute approximate surface area is 93.5 Å². The number of aromatic nitrogens is 1. The fraction of sp³-hybridized carbons (Fsp3) is 0.0833. The van der Waals surface area contributed by atoms with Crippen LogP contribution >= 0.6 is 11.8 Å². The third kappa shape index (κ3) is 2.30. The first-order valence-corrected chi connectivity index (χ1v) is 5.52. The highest BCUT2D eigenvalue weighted by molar-refractivity contribution is 7.99. The van der Waals surface area contributed by atoms with Crippen molar-refractivity contribution in [2.24, 2.45) is 0 Å². The van der Waals surface area contributed by atoms with Crippen LogP contribution in [0.5, 0.6) is 0 Å². The lowest BCUT2D eigenvalue weighted by Crippen LogP contribution is -1.91. The summed E-state index contributed by atoms with van der Waals surface area (Å²) in [5, 5.41) is 0. The van der Waals surface area contributed by atoms with E-state index in [0.717, 1.165) is 21.0 Å². The molecule has 2 nitrogen and oxygen atoms in total. The minimum Gasteiger partial charge on any atom is -0.398 e. The van der Waals surface area contributed by atoms with Gasteiger partial charge < -0.3 is 5.73 Å². The number of rotatable bonds is 2. The van der Waals surface area contributed by atoms with Crippen LogP contribution in [0.25, 0.3) is 0 Å². The molecular formula is C12H12N2S. The Hall–Kier alpha value is -1.48. The summed E-state index contributed by atoms with van der Waals surface area (Å²) in [5.41, 5.74) is 7.97. The van der Waals surface area contributed by atoms with Gasteiger partial charge in [-0.1, -0.05) is 23.9 Å². The largest absolute Gasteiger partial charge is 0.398 e. The minimum atomic E-state index is 0.860. The van der Waals surface area contributed by atoms with Crippen molar-refractivity contribution in [2.45, 2.75) is 16.7 Å². The average molecular weight is 216 g/mol. The van der Waals surface area contributed by atoms with Crippen LogP contribution in [-0.2, 0) is 0 Å². The third-order valence-electron chi connectivity index (χ3n) is 2.16. The molecule has 3 heteroatoms. The first kappa shape index (κ1) is 10.1. The highest BCUT2D eigenvalue weighted by Gasteiger charge is 2.02. The topological polar surface area (TPSA) is 38.9 Å². The van der Waals surface area contributed by atoms with Crippen molar-refractivity contribution in [2.75, 3.05) is 5.73 Å². The summed E-state index contributed by atoms with van der Waals surface area (Å²) in [6.07, 6.45) is 3.57. The first-order chi connectivity index (χ1) is 7.27. The Morgan fingerprint density at radius 2 is 1.87 bits per heavy atom. The Bertz CT molecular complexity index is 454. The predicted octanol–water partition coefficient (Wildman–Crippen LogP) is 3.12. The van der Waals surface area contributed by atoms with E-state index in [1.807, 2.05) is 37.3 Å². The number of anilines is 1. The summed E-state index contributed by atoms with van der Waals surface area (Å²) in [6.45, 7) is 2.02. The van der Waals surface area contributed by atoms with E-state index in [-0.39, 0.29) is 0 Å². The average Bonchev–Trinajstić information content (AvgIpc) is 2.26. The van der Waals surface area contributed by atoms with Gasteiger partial charge in [-0.15, -0.1) is 0 Å². The van der Waals surface area contributed by atoms with Gasteiger partial charge >= 0.3 is 0 Å². The SMILES string of the molecule is Cc1cccc(Sc2ccncc2)c1N. The monoisotopic (exact) mass is 216 g/mol. The number of hydrogen-bond acceptors (Lipinski definition) is 3. The molecule has 2 aromatic rings. The molecule has 0 radical (unpaired) electrons. The van der Waals surface area contributed by atoms with Gasteiger partial charge in [0.15, 0.2) is 0 Å². The number of hydrogen-bond donors (Lipinski definition) is 1. The van der Waals surface area contributed by atoms with Gasteiger partial charge in [-0.2, -0.15) is 0 Å². The van der Waals surface area contributed by atoms with E-state index < -0.39 is 0 Å². The van der Waals surface area contributed by atoms with Crippen LogP contribution in [0.4, 0.5) is 5.69 Å². The van der Waals surface area contributed by atoms with E-state index in [0.29, 0.717) is 0 Å². The van der Waals surface area contributed by atoms with Gasteiger partial charge in [0.2, 0.25) is 0 Å². The van der Waals surface area contributed by atoms with E-state index in [2.05, 4.69) is 4.98 Å². The number of nitrogen functional groups attached to an aromatic ring is 1. The Morgan fingerprint density at radius 3 is 2.60 bits per heavy atom. The molecule has 2 N–H and O–H groups in total. The normalized spacial score (nSPS) is 10.2. The highest BCUT2D eigenvalue weighted by atomic mass is 32.2. The standard InChI is InChI=1S/C12H12N2S/c1-9-3-2-4-11(12(9)13)15-10-5-7-14-8-6-10/h2-8H,13H2,1H3. The number of para-hydroxylation sites is 1. The molecule has 1 aromatic heterocycles. The number of nitrogens with zero attached hydrogens (tertiary/aromatic N) is 1. The van der Waals surface area contributed by atoms with Gasteiger partial charge in [-0.3, -0.25) is 4.98 Å². The van der Waals surface area contributed by atoms with Crippen molar-refractivity contribution in [3.05, 3.63) is 48.3 Å². The Kier molecular flexibility index (Phi) is 2.92. The fourth-order valence-corrected chi connectivity index (χ4v) is 2.21. The second-order valence-electron chi connectivity index (χ2n) is 3.27. The number of aryl methyl sites for hydroxylation is 1. The molecule has 0 saturated heterocycles. The molecule has 0 atom stereocenters. The van der Waals surface area contributed by atoms with Crippen LogP contribution in [0.1, 0.15) is 5.56 Å². The van der Waals surface area contributed by atoms with Crippen LogP contribution < -0.4 is 5.73 Å². The van der Waals surface area contributed by atoms with Gasteiger partial charge in [-0.05, 0) is 30.7 Å². The number of nitrogens with two attached hydrogens (primary N) is 1. The van der Waals surface area contributed by atoms with Gasteiger partial charge in [0.05, 0.1) is 0 Å². The van der Waals surface area contributed by atoms with Gasteiger partial charge in [0.25, 0.3) is 0 Å². The van der Waals surface area contributed by atoms with Gasteiger partial charge in [-0.25, -0.2) is 0 Å². The molecule has 76 valence electrons. The molecule has 0 bridgehead atoms. The summed E-state index contributed by atoms with van der Waals surface area (Å²) in [5.74, 6) is 0. The molecule has 0 amide bonds. The van der Waals surface area contributed by atoms with Crippen molar-refractivity contribution >= 4 is 17.4 Å². The van der Waals surface area contributed by atoms with Crippen molar-refractivity contribution in [3.8, 4) is 0 Å². The molecule has 15 heavy (non-hydrogen) atoms. The molecule has 0 spiro atoms. The summed E-state index contributed by atoms with van der Waals surface area (Å²) in [6, 6.07) is 10.0. The molecule has 0 aliphatic heterocycles. The predicted molar refractivity (Wildman–Crippen MR) is 64.0 cm³/mol. The molecule has 1 aromatic carbocycles.